The van der Waals surface area contributed by atoms with Gasteiger partial charge in [0, 0.05) is 0 Å². The van der Waals surface area contributed by atoms with Gasteiger partial charge < -0.3 is 0 Å². The van der Waals surface area contributed by atoms with Gasteiger partial charge in [0.1, 0.15) is 0 Å². The number of pyridine rings is 1. The Kier molecular flexibility index (Phi) is 2.71. The zero-order valence-electron chi connectivity index (χ0n) is 11.4. The number of rotatable bonds is 2. The van der Waals surface area contributed by atoms with E-state index >= 15 is 0 Å². The van der Waals surface area contributed by atoms with Gasteiger partial charge >= 0.3 is 122 Å². The van der Waals surface area contributed by atoms with Crippen LogP contribution >= 0.6 is 0 Å². The van der Waals surface area contributed by atoms with Crippen LogP contribution in [0.25, 0.3) is 33.1 Å². The van der Waals surface area contributed by atoms with E-state index in [0.717, 1.165) is 38.7 Å². The molecular weight excluding hydrogens is 257 g/mol. The molecule has 0 saturated carbocycles. The van der Waals surface area contributed by atoms with Crippen molar-refractivity contribution in [2.45, 2.75) is 0 Å². The van der Waals surface area contributed by atoms with E-state index in [9.17, 15) is 0 Å². The SMILES string of the molecule is C=Bc1ccc(-c2cccc3c2oc2ccccc23)cn1. The van der Waals surface area contributed by atoms with Crippen LogP contribution in [0.15, 0.2) is 65.2 Å². The summed E-state index contributed by atoms with van der Waals surface area (Å²) in [4.78, 5) is 4.37. The molecule has 0 aliphatic carbocycles. The van der Waals surface area contributed by atoms with E-state index in [1.807, 2.05) is 36.5 Å². The van der Waals surface area contributed by atoms with Gasteiger partial charge in [0.15, 0.2) is 0 Å². The van der Waals surface area contributed by atoms with Gasteiger partial charge in [0.25, 0.3) is 0 Å². The molecule has 0 aliphatic rings. The number of hydrogen-bond acceptors (Lipinski definition) is 2. The van der Waals surface area contributed by atoms with E-state index in [-0.39, 0.29) is 0 Å². The third kappa shape index (κ3) is 1.90. The summed E-state index contributed by atoms with van der Waals surface area (Å²) in [6.07, 6.45) is 1.86. The average molecular weight is 269 g/mol. The van der Waals surface area contributed by atoms with Gasteiger partial charge in [0.05, 0.1) is 0 Å². The number of nitrogens with zero attached hydrogens (tertiary/aromatic N) is 1. The number of benzene rings is 2. The van der Waals surface area contributed by atoms with Crippen molar-refractivity contribution in [2.24, 2.45) is 0 Å². The number of fused-ring (bicyclic) bond motifs is 3. The Morgan fingerprint density at radius 3 is 2.57 bits per heavy atom. The Labute approximate surface area is 123 Å². The van der Waals surface area contributed by atoms with Gasteiger partial charge in [-0.15, -0.1) is 0 Å². The number of furan rings is 1. The molecule has 2 heterocycles. The molecule has 0 fully saturated rings. The zero-order chi connectivity index (χ0) is 14.2. The fourth-order valence-electron chi connectivity index (χ4n) is 2.66. The van der Waals surface area contributed by atoms with E-state index in [4.69, 9.17) is 4.42 Å². The van der Waals surface area contributed by atoms with Crippen molar-refractivity contribution in [1.82, 2.24) is 4.98 Å². The van der Waals surface area contributed by atoms with E-state index in [0.29, 0.717) is 0 Å². The molecule has 2 nitrogen and oxygen atoms in total. The van der Waals surface area contributed by atoms with Crippen molar-refractivity contribution < 1.29 is 4.42 Å². The van der Waals surface area contributed by atoms with Crippen molar-refractivity contribution in [3.05, 3.63) is 60.8 Å². The maximum atomic E-state index is 6.05. The summed E-state index contributed by atoms with van der Waals surface area (Å²) in [7, 11) is 0. The summed E-state index contributed by atoms with van der Waals surface area (Å²) in [6.45, 7) is 5.47. The molecule has 0 unspecified atom stereocenters. The monoisotopic (exact) mass is 269 g/mol. The Morgan fingerprint density at radius 2 is 1.76 bits per heavy atom. The van der Waals surface area contributed by atoms with Crippen LogP contribution in [0.5, 0.6) is 0 Å². The molecule has 0 bridgehead atoms. The van der Waals surface area contributed by atoms with Gasteiger partial charge in [-0.25, -0.2) is 0 Å². The second-order valence-electron chi connectivity index (χ2n) is 4.96. The van der Waals surface area contributed by atoms with Crippen LogP contribution in [0.3, 0.4) is 0 Å². The molecule has 0 atom stereocenters. The third-order valence-electron chi connectivity index (χ3n) is 3.71. The Hall–Kier alpha value is -2.68. The van der Waals surface area contributed by atoms with Crippen LogP contribution in [0.1, 0.15) is 0 Å². The van der Waals surface area contributed by atoms with E-state index in [1.165, 1.54) is 0 Å². The first kappa shape index (κ1) is 12.1. The molecule has 2 aromatic carbocycles. The molecular formula is C18H12BNO. The first-order valence-corrected chi connectivity index (χ1v) is 6.86. The summed E-state index contributed by atoms with van der Waals surface area (Å²) in [5, 5.41) is 2.28. The van der Waals surface area contributed by atoms with Gasteiger partial charge in [0.2, 0.25) is 0 Å². The van der Waals surface area contributed by atoms with Crippen LogP contribution < -0.4 is 5.59 Å². The second kappa shape index (κ2) is 4.71. The molecule has 0 N–H and O–H groups in total. The summed E-state index contributed by atoms with van der Waals surface area (Å²) < 4.78 is 6.05. The molecule has 21 heavy (non-hydrogen) atoms. The predicted molar refractivity (Wildman–Crippen MR) is 89.5 cm³/mol. The van der Waals surface area contributed by atoms with Gasteiger partial charge in [-0.05, 0) is 0 Å². The Morgan fingerprint density at radius 1 is 0.905 bits per heavy atom. The first-order chi connectivity index (χ1) is 10.4. The van der Waals surface area contributed by atoms with E-state index in [1.54, 1.807) is 6.92 Å². The average Bonchev–Trinajstić information content (AvgIpc) is 2.94. The number of aromatic nitrogens is 1. The molecule has 4 rings (SSSR count). The molecule has 0 radical (unpaired) electrons. The summed E-state index contributed by atoms with van der Waals surface area (Å²) in [6, 6.07) is 18.3. The van der Waals surface area contributed by atoms with Gasteiger partial charge in [-0.2, -0.15) is 0 Å². The fraction of sp³-hybridized carbons (Fsp3) is 0. The van der Waals surface area contributed by atoms with Crippen molar-refractivity contribution >= 4 is 40.9 Å². The molecule has 4 aromatic rings. The zero-order valence-corrected chi connectivity index (χ0v) is 11.4. The van der Waals surface area contributed by atoms with Crippen molar-refractivity contribution in [3.8, 4) is 11.1 Å². The van der Waals surface area contributed by atoms with Crippen LogP contribution in [0.4, 0.5) is 0 Å². The first-order valence-electron chi connectivity index (χ1n) is 6.86. The Bertz CT molecular complexity index is 954. The van der Waals surface area contributed by atoms with Crippen molar-refractivity contribution in [2.75, 3.05) is 0 Å². The number of para-hydroxylation sites is 2. The van der Waals surface area contributed by atoms with Crippen molar-refractivity contribution in [1.29, 1.82) is 0 Å². The topological polar surface area (TPSA) is 26.0 Å². The van der Waals surface area contributed by atoms with Gasteiger partial charge in [-0.3, -0.25) is 0 Å². The third-order valence-corrected chi connectivity index (χ3v) is 3.71. The molecule has 0 saturated heterocycles. The van der Waals surface area contributed by atoms with Gasteiger partial charge in [-0.1, -0.05) is 0 Å². The van der Waals surface area contributed by atoms with Crippen LogP contribution in [0, 0.1) is 0 Å². The van der Waals surface area contributed by atoms with E-state index in [2.05, 4.69) is 35.7 Å². The summed E-state index contributed by atoms with van der Waals surface area (Å²) in [5.41, 5.74) is 4.80. The predicted octanol–water partition coefficient (Wildman–Crippen LogP) is 3.41. The molecule has 3 heteroatoms. The van der Waals surface area contributed by atoms with E-state index < -0.39 is 0 Å². The molecule has 2 aromatic heterocycles. The quantitative estimate of drug-likeness (QED) is 0.521. The summed E-state index contributed by atoms with van der Waals surface area (Å²) >= 11 is 0. The molecule has 98 valence electrons. The maximum absolute atomic E-state index is 6.05. The number of hydrogen-bond donors (Lipinski definition) is 0. The minimum absolute atomic E-state index is 0.871. The second-order valence-corrected chi connectivity index (χ2v) is 4.96. The van der Waals surface area contributed by atoms with Crippen LogP contribution in [-0.4, -0.2) is 18.4 Å². The van der Waals surface area contributed by atoms with Crippen molar-refractivity contribution in [3.63, 3.8) is 0 Å². The molecule has 0 amide bonds. The summed E-state index contributed by atoms with van der Waals surface area (Å²) in [5.74, 6) is 0. The van der Waals surface area contributed by atoms with Crippen LogP contribution in [-0.2, 0) is 0 Å². The molecule has 0 spiro atoms. The fourth-order valence-corrected chi connectivity index (χ4v) is 2.66. The molecule has 0 aliphatic heterocycles. The normalized spacial score (nSPS) is 10.9. The Balaban J connectivity index is 2.01. The minimum atomic E-state index is 0.871. The van der Waals surface area contributed by atoms with Crippen LogP contribution in [0.2, 0.25) is 0 Å². The standard InChI is InChI=1S/C18H12BNO/c1-19-17-10-9-12(11-20-17)13-6-4-7-15-14-5-2-3-8-16(14)21-18(13)15/h2-11H,1H2.